The molecule has 1 rings (SSSR count). The van der Waals surface area contributed by atoms with Crippen molar-refractivity contribution in [1.82, 2.24) is 0 Å². The van der Waals surface area contributed by atoms with E-state index in [1.807, 2.05) is 34.6 Å². The Morgan fingerprint density at radius 2 is 1.38 bits per heavy atom. The molecule has 0 aliphatic heterocycles. The Morgan fingerprint density at radius 1 is 0.905 bits per heavy atom. The molecule has 1 aromatic carbocycles. The molecule has 0 saturated heterocycles. The van der Waals surface area contributed by atoms with Crippen LogP contribution in [0.3, 0.4) is 0 Å². The number of ether oxygens (including phenoxy) is 2. The van der Waals surface area contributed by atoms with E-state index in [1.165, 1.54) is 0 Å². The van der Waals surface area contributed by atoms with E-state index in [0.29, 0.717) is 13.2 Å². The van der Waals surface area contributed by atoms with Crippen LogP contribution in [0.2, 0.25) is 0 Å². The van der Waals surface area contributed by atoms with Crippen LogP contribution in [-0.4, -0.2) is 25.2 Å². The van der Waals surface area contributed by atoms with Crippen LogP contribution in [0.4, 0.5) is 0 Å². The molecule has 0 heterocycles. The fourth-order valence-electron chi connectivity index (χ4n) is 1.65. The summed E-state index contributed by atoms with van der Waals surface area (Å²) >= 11 is 0. The largest absolute Gasteiger partial charge is 0.462 e. The van der Waals surface area contributed by atoms with Crippen molar-refractivity contribution in [3.05, 3.63) is 34.9 Å². The second-order valence-electron chi connectivity index (χ2n) is 6.03. The predicted molar refractivity (Wildman–Crippen MR) is 81.4 cm³/mol. The Morgan fingerprint density at radius 3 is 1.86 bits per heavy atom. The van der Waals surface area contributed by atoms with Crippen LogP contribution in [0.5, 0.6) is 0 Å². The van der Waals surface area contributed by atoms with Gasteiger partial charge < -0.3 is 9.47 Å². The van der Waals surface area contributed by atoms with E-state index in [2.05, 4.69) is 0 Å². The van der Waals surface area contributed by atoms with Crippen molar-refractivity contribution >= 4 is 11.9 Å². The predicted octanol–water partition coefficient (Wildman–Crippen LogP) is 3.62. The quantitative estimate of drug-likeness (QED) is 0.751. The highest BCUT2D eigenvalue weighted by atomic mass is 16.5. The first-order chi connectivity index (χ1) is 9.81. The number of benzene rings is 1. The number of rotatable bonds is 6. The van der Waals surface area contributed by atoms with Crippen LogP contribution >= 0.6 is 0 Å². The lowest BCUT2D eigenvalue weighted by molar-refractivity contribution is 0.0412. The third kappa shape index (κ3) is 5.58. The summed E-state index contributed by atoms with van der Waals surface area (Å²) in [5.74, 6) is -0.477. The third-order valence-corrected chi connectivity index (χ3v) is 2.71. The van der Waals surface area contributed by atoms with Crippen LogP contribution in [0.15, 0.2) is 18.2 Å². The highest BCUT2D eigenvalue weighted by molar-refractivity contribution is 6.03. The second kappa shape index (κ2) is 7.81. The van der Waals surface area contributed by atoms with E-state index in [0.717, 1.165) is 5.56 Å². The van der Waals surface area contributed by atoms with Crippen molar-refractivity contribution in [3.63, 3.8) is 0 Å². The summed E-state index contributed by atoms with van der Waals surface area (Å²) in [5, 5.41) is 0. The van der Waals surface area contributed by atoms with E-state index < -0.39 is 11.9 Å². The smallest absolute Gasteiger partial charge is 0.339 e. The zero-order chi connectivity index (χ0) is 16.0. The maximum Gasteiger partial charge on any atom is 0.339 e. The van der Waals surface area contributed by atoms with Gasteiger partial charge in [-0.2, -0.15) is 0 Å². The minimum absolute atomic E-state index is 0.245. The summed E-state index contributed by atoms with van der Waals surface area (Å²) in [7, 11) is 0. The van der Waals surface area contributed by atoms with Gasteiger partial charge in [0.1, 0.15) is 0 Å². The SMILES string of the molecule is Cc1ccc(C(=O)OCC(C)C)c(C(=O)OCC(C)C)c1. The molecule has 0 saturated carbocycles. The molecule has 0 aliphatic carbocycles. The fraction of sp³-hybridized carbons (Fsp3) is 0.529. The van der Waals surface area contributed by atoms with Gasteiger partial charge in [-0.3, -0.25) is 0 Å². The third-order valence-electron chi connectivity index (χ3n) is 2.71. The molecule has 4 nitrogen and oxygen atoms in total. The number of esters is 2. The summed E-state index contributed by atoms with van der Waals surface area (Å²) in [6.45, 7) is 10.4. The van der Waals surface area contributed by atoms with Gasteiger partial charge in [-0.05, 0) is 30.9 Å². The van der Waals surface area contributed by atoms with Crippen molar-refractivity contribution in [2.75, 3.05) is 13.2 Å². The normalized spacial score (nSPS) is 10.8. The highest BCUT2D eigenvalue weighted by Gasteiger charge is 2.20. The molecule has 0 aliphatic rings. The maximum atomic E-state index is 12.1. The molecule has 1 aromatic rings. The van der Waals surface area contributed by atoms with Crippen molar-refractivity contribution in [1.29, 1.82) is 0 Å². The van der Waals surface area contributed by atoms with E-state index in [-0.39, 0.29) is 23.0 Å². The molecule has 116 valence electrons. The van der Waals surface area contributed by atoms with Gasteiger partial charge in [-0.25, -0.2) is 9.59 Å². The summed E-state index contributed by atoms with van der Waals surface area (Å²) in [5.41, 5.74) is 1.42. The van der Waals surface area contributed by atoms with Gasteiger partial charge >= 0.3 is 11.9 Å². The van der Waals surface area contributed by atoms with Gasteiger partial charge in [-0.15, -0.1) is 0 Å². The first-order valence-electron chi connectivity index (χ1n) is 7.26. The average Bonchev–Trinajstić information content (AvgIpc) is 2.41. The van der Waals surface area contributed by atoms with Gasteiger partial charge in [0.15, 0.2) is 0 Å². The molecule has 4 heteroatoms. The zero-order valence-corrected chi connectivity index (χ0v) is 13.4. The number of hydrogen-bond acceptors (Lipinski definition) is 4. The topological polar surface area (TPSA) is 52.6 Å². The van der Waals surface area contributed by atoms with Crippen molar-refractivity contribution in [2.24, 2.45) is 11.8 Å². The first-order valence-corrected chi connectivity index (χ1v) is 7.26. The lowest BCUT2D eigenvalue weighted by Crippen LogP contribution is -2.17. The Labute approximate surface area is 126 Å². The van der Waals surface area contributed by atoms with Gasteiger partial charge in [0, 0.05) is 0 Å². The lowest BCUT2D eigenvalue weighted by Gasteiger charge is -2.12. The van der Waals surface area contributed by atoms with Crippen LogP contribution in [0, 0.1) is 18.8 Å². The van der Waals surface area contributed by atoms with E-state index in [1.54, 1.807) is 18.2 Å². The molecular formula is C17H24O4. The molecular weight excluding hydrogens is 268 g/mol. The molecule has 0 aromatic heterocycles. The Balaban J connectivity index is 2.93. The molecule has 0 unspecified atom stereocenters. The van der Waals surface area contributed by atoms with Crippen LogP contribution in [0.1, 0.15) is 54.0 Å². The van der Waals surface area contributed by atoms with E-state index >= 15 is 0 Å². The zero-order valence-electron chi connectivity index (χ0n) is 13.4. The summed E-state index contributed by atoms with van der Waals surface area (Å²) in [4.78, 5) is 24.2. The summed E-state index contributed by atoms with van der Waals surface area (Å²) in [6.07, 6.45) is 0. The van der Waals surface area contributed by atoms with Gasteiger partial charge in [0.05, 0.1) is 24.3 Å². The van der Waals surface area contributed by atoms with E-state index in [9.17, 15) is 9.59 Å². The number of carbonyl (C=O) groups is 2. The molecule has 0 bridgehead atoms. The van der Waals surface area contributed by atoms with Crippen LogP contribution in [-0.2, 0) is 9.47 Å². The molecule has 0 amide bonds. The van der Waals surface area contributed by atoms with Crippen LogP contribution < -0.4 is 0 Å². The number of carbonyl (C=O) groups excluding carboxylic acids is 2. The van der Waals surface area contributed by atoms with Gasteiger partial charge in [-0.1, -0.05) is 39.3 Å². The Hall–Kier alpha value is -1.84. The van der Waals surface area contributed by atoms with Crippen molar-refractivity contribution in [3.8, 4) is 0 Å². The lowest BCUT2D eigenvalue weighted by atomic mass is 10.0. The summed E-state index contributed by atoms with van der Waals surface area (Å²) < 4.78 is 10.4. The van der Waals surface area contributed by atoms with Crippen molar-refractivity contribution in [2.45, 2.75) is 34.6 Å². The average molecular weight is 292 g/mol. The van der Waals surface area contributed by atoms with Crippen LogP contribution in [0.25, 0.3) is 0 Å². The standard InChI is InChI=1S/C17H24O4/c1-11(2)9-20-16(18)14-7-6-13(5)8-15(14)17(19)21-10-12(3)4/h6-8,11-12H,9-10H2,1-5H3. The molecule has 0 fully saturated rings. The first kappa shape index (κ1) is 17.2. The minimum atomic E-state index is -0.486. The maximum absolute atomic E-state index is 12.1. The van der Waals surface area contributed by atoms with Gasteiger partial charge in [0.2, 0.25) is 0 Å². The van der Waals surface area contributed by atoms with Crippen molar-refractivity contribution < 1.29 is 19.1 Å². The fourth-order valence-corrected chi connectivity index (χ4v) is 1.65. The molecule has 0 spiro atoms. The molecule has 0 atom stereocenters. The van der Waals surface area contributed by atoms with Gasteiger partial charge in [0.25, 0.3) is 0 Å². The minimum Gasteiger partial charge on any atom is -0.462 e. The Kier molecular flexibility index (Phi) is 6.40. The summed E-state index contributed by atoms with van der Waals surface area (Å²) in [6, 6.07) is 5.06. The second-order valence-corrected chi connectivity index (χ2v) is 6.03. The van der Waals surface area contributed by atoms with E-state index in [4.69, 9.17) is 9.47 Å². The molecule has 0 radical (unpaired) electrons. The monoisotopic (exact) mass is 292 g/mol. The highest BCUT2D eigenvalue weighted by Crippen LogP contribution is 2.15. The molecule has 21 heavy (non-hydrogen) atoms. The number of aryl methyl sites for hydroxylation is 1. The molecule has 0 N–H and O–H groups in total. The number of hydrogen-bond donors (Lipinski definition) is 0. The Bertz CT molecular complexity index is 504.